The molecule has 1 aromatic rings. The van der Waals surface area contributed by atoms with Crippen LogP contribution in [0.3, 0.4) is 0 Å². The van der Waals surface area contributed by atoms with E-state index in [9.17, 15) is 28.8 Å². The summed E-state index contributed by atoms with van der Waals surface area (Å²) in [6.07, 6.45) is 0. The van der Waals surface area contributed by atoms with Crippen LogP contribution in [0.5, 0.6) is 0 Å². The Kier molecular flexibility index (Phi) is 8.84. The van der Waals surface area contributed by atoms with E-state index in [2.05, 4.69) is 0 Å². The van der Waals surface area contributed by atoms with Crippen LogP contribution in [0.2, 0.25) is 0 Å². The minimum absolute atomic E-state index is 0.00164. The highest BCUT2D eigenvalue weighted by Crippen LogP contribution is 2.15. The third kappa shape index (κ3) is 7.31. The molecule has 0 N–H and O–H groups in total. The predicted molar refractivity (Wildman–Crippen MR) is 108 cm³/mol. The fourth-order valence-corrected chi connectivity index (χ4v) is 6.87. The number of carbonyl (C=O) groups excluding carboxylic acids is 6. The molecule has 0 aromatic heterocycles. The highest BCUT2D eigenvalue weighted by atomic mass is 28.4. The summed E-state index contributed by atoms with van der Waals surface area (Å²) in [6.45, 7) is 6.19. The minimum atomic E-state index is -4.40. The van der Waals surface area contributed by atoms with Crippen molar-refractivity contribution < 1.29 is 55.3 Å². The number of rotatable bonds is 8. The molecule has 12 nitrogen and oxygen atoms in total. The maximum Gasteiger partial charge on any atom is 0.742 e. The van der Waals surface area contributed by atoms with Gasteiger partial charge in [-0.05, 0) is 0 Å². The first-order valence-corrected chi connectivity index (χ1v) is 12.4. The van der Waals surface area contributed by atoms with Crippen LogP contribution in [0.4, 0.5) is 0 Å². The zero-order chi connectivity index (χ0) is 24.7. The predicted octanol–water partition coefficient (Wildman–Crippen LogP) is -0.643. The summed E-state index contributed by atoms with van der Waals surface area (Å²) in [7, 11) is -8.79. The second-order valence-corrected chi connectivity index (χ2v) is 10.9. The Labute approximate surface area is 185 Å². The third-order valence-corrected chi connectivity index (χ3v) is 8.68. The molecule has 0 aliphatic rings. The summed E-state index contributed by atoms with van der Waals surface area (Å²) in [6, 6.07) is 4.92. The van der Waals surface area contributed by atoms with Gasteiger partial charge in [0, 0.05) is 41.5 Å². The molecule has 0 radical (unpaired) electrons. The molecule has 0 fully saturated rings. The SMILES string of the molecule is CC(=O)O[Si](OC(C)=O)(OC(C)=O)c1ccc([Si](OC(C)=O)(OC(C)=O)OC(C)=O)cc1. The molecule has 32 heavy (non-hydrogen) atoms. The highest BCUT2D eigenvalue weighted by molar-refractivity contribution is 6.80. The summed E-state index contributed by atoms with van der Waals surface area (Å²) in [5, 5.41) is -0.00329. The van der Waals surface area contributed by atoms with Crippen molar-refractivity contribution in [3.8, 4) is 0 Å². The second kappa shape index (κ2) is 10.7. The summed E-state index contributed by atoms with van der Waals surface area (Å²) >= 11 is 0. The molecule has 0 spiro atoms. The molecule has 0 aliphatic carbocycles. The molecule has 0 unspecified atom stereocenters. The van der Waals surface area contributed by atoms with E-state index in [-0.39, 0.29) is 10.4 Å². The number of hydrogen-bond donors (Lipinski definition) is 0. The Morgan fingerprint density at radius 1 is 0.438 bits per heavy atom. The summed E-state index contributed by atoms with van der Waals surface area (Å²) in [5.74, 6) is -5.30. The van der Waals surface area contributed by atoms with Gasteiger partial charge in [0.25, 0.3) is 35.8 Å². The van der Waals surface area contributed by atoms with Gasteiger partial charge in [-0.25, -0.2) is 0 Å². The lowest BCUT2D eigenvalue weighted by molar-refractivity contribution is -0.150. The van der Waals surface area contributed by atoms with Crippen molar-refractivity contribution in [3.05, 3.63) is 24.3 Å². The quantitative estimate of drug-likeness (QED) is 0.428. The van der Waals surface area contributed by atoms with Crippen molar-refractivity contribution >= 4 is 63.8 Å². The molecule has 1 aromatic carbocycles. The molecule has 0 atom stereocenters. The normalized spacial score (nSPS) is 10.9. The van der Waals surface area contributed by atoms with E-state index in [0.717, 1.165) is 41.5 Å². The summed E-state index contributed by atoms with van der Waals surface area (Å²) in [5.41, 5.74) is 0. The van der Waals surface area contributed by atoms with Crippen LogP contribution < -0.4 is 10.4 Å². The van der Waals surface area contributed by atoms with E-state index in [4.69, 9.17) is 26.6 Å². The van der Waals surface area contributed by atoms with Crippen LogP contribution in [-0.4, -0.2) is 53.4 Å². The van der Waals surface area contributed by atoms with Crippen LogP contribution >= 0.6 is 0 Å². The maximum absolute atomic E-state index is 11.7. The van der Waals surface area contributed by atoms with Gasteiger partial charge in [0.05, 0.1) is 10.4 Å². The van der Waals surface area contributed by atoms with Gasteiger partial charge in [0.2, 0.25) is 0 Å². The van der Waals surface area contributed by atoms with Gasteiger partial charge in [0.15, 0.2) is 0 Å². The van der Waals surface area contributed by atoms with Gasteiger partial charge < -0.3 is 26.6 Å². The van der Waals surface area contributed by atoms with Gasteiger partial charge >= 0.3 is 17.6 Å². The average molecular weight is 487 g/mol. The van der Waals surface area contributed by atoms with Crippen molar-refractivity contribution in [3.63, 3.8) is 0 Å². The maximum atomic E-state index is 11.7. The van der Waals surface area contributed by atoms with E-state index in [1.165, 1.54) is 24.3 Å². The lowest BCUT2D eigenvalue weighted by Gasteiger charge is -2.28. The van der Waals surface area contributed by atoms with Gasteiger partial charge in [0.1, 0.15) is 0 Å². The molecular weight excluding hydrogens is 464 g/mol. The molecule has 174 valence electrons. The van der Waals surface area contributed by atoms with E-state index in [1.54, 1.807) is 0 Å². The van der Waals surface area contributed by atoms with Gasteiger partial charge in [-0.3, -0.25) is 28.8 Å². The van der Waals surface area contributed by atoms with Crippen LogP contribution in [0.25, 0.3) is 0 Å². The molecule has 0 saturated carbocycles. The Morgan fingerprint density at radius 3 is 0.719 bits per heavy atom. The largest absolute Gasteiger partial charge is 0.742 e. The van der Waals surface area contributed by atoms with E-state index in [0.29, 0.717) is 0 Å². The molecule has 0 bridgehead atoms. The first-order chi connectivity index (χ1) is 14.7. The zero-order valence-electron chi connectivity index (χ0n) is 18.2. The van der Waals surface area contributed by atoms with E-state index in [1.807, 2.05) is 0 Å². The first kappa shape index (κ1) is 26.5. The lowest BCUT2D eigenvalue weighted by atomic mass is 10.4. The zero-order valence-corrected chi connectivity index (χ0v) is 20.2. The second-order valence-electron chi connectivity index (χ2n) is 6.25. The van der Waals surface area contributed by atoms with Crippen LogP contribution in [0.15, 0.2) is 24.3 Å². The molecule has 0 amide bonds. The Hall–Kier alpha value is -3.53. The molecular formula is C18H22O12Si2. The lowest BCUT2D eigenvalue weighted by Crippen LogP contribution is -2.61. The smallest absolute Gasteiger partial charge is 0.452 e. The fraction of sp³-hybridized carbons (Fsp3) is 0.333. The number of benzene rings is 1. The fourth-order valence-electron chi connectivity index (χ4n) is 2.49. The Balaban J connectivity index is 3.65. The summed E-state index contributed by atoms with van der Waals surface area (Å²) < 4.78 is 30.8. The van der Waals surface area contributed by atoms with Crippen molar-refractivity contribution in [2.45, 2.75) is 41.5 Å². The standard InChI is InChI=1S/C18H22O12Si2/c1-11(19)25-31(26-12(2)20,27-13(3)21)17-7-9-18(10-8-17)32(28-14(4)22,29-15(5)23)30-16(6)24/h7-10H,1-6H3. The van der Waals surface area contributed by atoms with Gasteiger partial charge in [-0.15, -0.1) is 0 Å². The molecule has 1 rings (SSSR count). The monoisotopic (exact) mass is 486 g/mol. The van der Waals surface area contributed by atoms with Crippen LogP contribution in [0, 0.1) is 0 Å². The van der Waals surface area contributed by atoms with Gasteiger partial charge in [-0.2, -0.15) is 0 Å². The van der Waals surface area contributed by atoms with Crippen LogP contribution in [-0.2, 0) is 55.3 Å². The first-order valence-electron chi connectivity index (χ1n) is 9.00. The third-order valence-electron chi connectivity index (χ3n) is 3.26. The minimum Gasteiger partial charge on any atom is -0.452 e. The van der Waals surface area contributed by atoms with E-state index >= 15 is 0 Å². The molecule has 0 saturated heterocycles. The van der Waals surface area contributed by atoms with Crippen molar-refractivity contribution in [2.75, 3.05) is 0 Å². The van der Waals surface area contributed by atoms with Crippen molar-refractivity contribution in [1.29, 1.82) is 0 Å². The van der Waals surface area contributed by atoms with Crippen LogP contribution in [0.1, 0.15) is 41.5 Å². The highest BCUT2D eigenvalue weighted by Gasteiger charge is 2.57. The van der Waals surface area contributed by atoms with E-state index < -0.39 is 53.4 Å². The average Bonchev–Trinajstić information content (AvgIpc) is 2.58. The molecule has 0 heterocycles. The van der Waals surface area contributed by atoms with Crippen molar-refractivity contribution in [2.24, 2.45) is 0 Å². The Morgan fingerprint density at radius 2 is 0.594 bits per heavy atom. The molecule has 14 heteroatoms. The van der Waals surface area contributed by atoms with Gasteiger partial charge in [-0.1, -0.05) is 24.3 Å². The van der Waals surface area contributed by atoms with Crippen molar-refractivity contribution in [1.82, 2.24) is 0 Å². The number of carbonyl (C=O) groups is 6. The Bertz CT molecular complexity index is 768. The topological polar surface area (TPSA) is 158 Å². The number of hydrogen-bond acceptors (Lipinski definition) is 12. The molecule has 0 aliphatic heterocycles. The summed E-state index contributed by atoms with van der Waals surface area (Å²) in [4.78, 5) is 69.9.